The number of nitriles is 1. The third-order valence-corrected chi connectivity index (χ3v) is 5.13. The summed E-state index contributed by atoms with van der Waals surface area (Å²) in [7, 11) is 0. The van der Waals surface area contributed by atoms with E-state index in [2.05, 4.69) is 10.2 Å². The summed E-state index contributed by atoms with van der Waals surface area (Å²) in [5, 5.41) is 38.4. The van der Waals surface area contributed by atoms with Gasteiger partial charge in [0, 0.05) is 11.6 Å². The number of aromatic hydroxyl groups is 1. The quantitative estimate of drug-likeness (QED) is 0.290. The maximum atomic E-state index is 13.2. The van der Waals surface area contributed by atoms with Gasteiger partial charge < -0.3 is 5.11 Å². The first-order valence-corrected chi connectivity index (χ1v) is 9.67. The summed E-state index contributed by atoms with van der Waals surface area (Å²) in [6.07, 6.45) is -5.02. The van der Waals surface area contributed by atoms with Gasteiger partial charge in [-0.05, 0) is 31.5 Å². The van der Waals surface area contributed by atoms with E-state index in [-0.39, 0.29) is 16.8 Å². The van der Waals surface area contributed by atoms with Crippen molar-refractivity contribution in [2.24, 2.45) is 10.2 Å². The van der Waals surface area contributed by atoms with Gasteiger partial charge in [0.2, 0.25) is 5.88 Å². The number of benzene rings is 2. The minimum absolute atomic E-state index is 0.0248. The second kappa shape index (κ2) is 9.14. The minimum atomic E-state index is -5.02. The molecule has 0 amide bonds. The second-order valence-corrected chi connectivity index (χ2v) is 7.20. The van der Waals surface area contributed by atoms with Crippen LogP contribution in [0.3, 0.4) is 0 Å². The number of hydrogen-bond acceptors (Lipinski definition) is 7. The number of rotatable bonds is 5. The van der Waals surface area contributed by atoms with Crippen molar-refractivity contribution in [1.82, 2.24) is 4.57 Å². The summed E-state index contributed by atoms with van der Waals surface area (Å²) in [4.78, 5) is 22.9. The lowest BCUT2D eigenvalue weighted by atomic mass is 10.1. The number of nitrogens with zero attached hydrogens (tertiary/aromatic N) is 5. The molecule has 0 spiro atoms. The molecular formula is C22H16F3N5O4. The zero-order valence-electron chi connectivity index (χ0n) is 17.7. The van der Waals surface area contributed by atoms with Crippen LogP contribution in [0.4, 0.5) is 30.2 Å². The standard InChI is InChI=1S/C22H16F3N5O4/c1-12-16(11-26)20(31)29(13(2)14-6-4-3-5-7-14)21(32)19(12)28-27-15-8-9-18(30(33)34)17(10-15)22(23,24)25/h3-10,13,31H,1-2H3. The van der Waals surface area contributed by atoms with Crippen LogP contribution in [0.5, 0.6) is 5.88 Å². The van der Waals surface area contributed by atoms with Gasteiger partial charge in [-0.3, -0.25) is 19.5 Å². The third kappa shape index (κ3) is 4.49. The van der Waals surface area contributed by atoms with Crippen molar-refractivity contribution in [2.45, 2.75) is 26.1 Å². The highest BCUT2D eigenvalue weighted by Gasteiger charge is 2.38. The lowest BCUT2D eigenvalue weighted by Gasteiger charge is -2.19. The molecule has 9 nitrogen and oxygen atoms in total. The van der Waals surface area contributed by atoms with Gasteiger partial charge >= 0.3 is 6.18 Å². The molecule has 1 atom stereocenters. The van der Waals surface area contributed by atoms with E-state index in [0.717, 1.165) is 10.6 Å². The van der Waals surface area contributed by atoms with Crippen LogP contribution in [0.15, 0.2) is 63.6 Å². The van der Waals surface area contributed by atoms with Gasteiger partial charge in [-0.25, -0.2) is 0 Å². The molecule has 12 heteroatoms. The van der Waals surface area contributed by atoms with Crippen molar-refractivity contribution in [3.63, 3.8) is 0 Å². The van der Waals surface area contributed by atoms with Crippen LogP contribution in [0.25, 0.3) is 0 Å². The largest absolute Gasteiger partial charge is 0.493 e. The van der Waals surface area contributed by atoms with Gasteiger partial charge in [0.1, 0.15) is 17.2 Å². The van der Waals surface area contributed by atoms with Crippen molar-refractivity contribution in [3.8, 4) is 11.9 Å². The molecule has 0 saturated carbocycles. The molecule has 0 fully saturated rings. The van der Waals surface area contributed by atoms with E-state index in [4.69, 9.17) is 0 Å². The Kier molecular flexibility index (Phi) is 6.49. The first-order valence-electron chi connectivity index (χ1n) is 9.67. The van der Waals surface area contributed by atoms with Crippen molar-refractivity contribution in [3.05, 3.63) is 91.3 Å². The highest BCUT2D eigenvalue weighted by atomic mass is 19.4. The first kappa shape index (κ1) is 24.1. The number of aromatic nitrogens is 1. The van der Waals surface area contributed by atoms with E-state index in [9.17, 15) is 38.4 Å². The average molecular weight is 471 g/mol. The number of hydrogen-bond donors (Lipinski definition) is 1. The fourth-order valence-corrected chi connectivity index (χ4v) is 3.35. The van der Waals surface area contributed by atoms with Crippen LogP contribution in [0, 0.1) is 28.4 Å². The normalized spacial score (nSPS) is 12.5. The summed E-state index contributed by atoms with van der Waals surface area (Å²) in [6.45, 7) is 2.95. The summed E-state index contributed by atoms with van der Waals surface area (Å²) >= 11 is 0. The predicted octanol–water partition coefficient (Wildman–Crippen LogP) is 5.69. The highest BCUT2D eigenvalue weighted by Crippen LogP contribution is 2.38. The van der Waals surface area contributed by atoms with E-state index in [1.54, 1.807) is 43.3 Å². The summed E-state index contributed by atoms with van der Waals surface area (Å²) in [5.41, 5.74) is -3.91. The van der Waals surface area contributed by atoms with Crippen LogP contribution in [0.1, 0.15) is 35.2 Å². The highest BCUT2D eigenvalue weighted by molar-refractivity contribution is 5.58. The Labute approximate surface area is 190 Å². The first-order chi connectivity index (χ1) is 16.0. The van der Waals surface area contributed by atoms with E-state index < -0.39 is 45.5 Å². The number of azo groups is 1. The lowest BCUT2D eigenvalue weighted by Crippen LogP contribution is -2.25. The smallest absolute Gasteiger partial charge is 0.423 e. The minimum Gasteiger partial charge on any atom is -0.493 e. The maximum Gasteiger partial charge on any atom is 0.423 e. The molecule has 2 aromatic carbocycles. The molecule has 34 heavy (non-hydrogen) atoms. The molecule has 1 heterocycles. The Balaban J connectivity index is 2.17. The second-order valence-electron chi connectivity index (χ2n) is 7.20. The van der Waals surface area contributed by atoms with Crippen LogP contribution in [0.2, 0.25) is 0 Å². The number of halogens is 3. The fraction of sp³-hybridized carbons (Fsp3) is 0.182. The Morgan fingerprint density at radius 1 is 1.18 bits per heavy atom. The molecule has 3 rings (SSSR count). The average Bonchev–Trinajstić information content (AvgIpc) is 2.79. The summed E-state index contributed by atoms with van der Waals surface area (Å²) in [5.74, 6) is -0.588. The molecule has 0 aliphatic heterocycles. The number of nitro groups is 1. The van der Waals surface area contributed by atoms with E-state index >= 15 is 0 Å². The van der Waals surface area contributed by atoms with Crippen molar-refractivity contribution >= 4 is 17.1 Å². The van der Waals surface area contributed by atoms with E-state index in [0.29, 0.717) is 17.7 Å². The molecule has 1 N–H and O–H groups in total. The lowest BCUT2D eigenvalue weighted by molar-refractivity contribution is -0.388. The maximum absolute atomic E-state index is 13.2. The van der Waals surface area contributed by atoms with Crippen molar-refractivity contribution in [2.75, 3.05) is 0 Å². The number of pyridine rings is 1. The van der Waals surface area contributed by atoms with Crippen LogP contribution in [-0.4, -0.2) is 14.6 Å². The number of nitro benzene ring substituents is 1. The summed E-state index contributed by atoms with van der Waals surface area (Å²) < 4.78 is 40.6. The van der Waals surface area contributed by atoms with Gasteiger partial charge in [0.25, 0.3) is 11.2 Å². The van der Waals surface area contributed by atoms with Crippen LogP contribution in [-0.2, 0) is 6.18 Å². The Morgan fingerprint density at radius 2 is 1.82 bits per heavy atom. The predicted molar refractivity (Wildman–Crippen MR) is 114 cm³/mol. The summed E-state index contributed by atoms with van der Waals surface area (Å²) in [6, 6.07) is 11.7. The molecule has 3 aromatic rings. The van der Waals surface area contributed by atoms with Gasteiger partial charge in [0.05, 0.1) is 16.7 Å². The van der Waals surface area contributed by atoms with Crippen molar-refractivity contribution in [1.29, 1.82) is 5.26 Å². The Bertz CT molecular complexity index is 1390. The zero-order valence-corrected chi connectivity index (χ0v) is 17.7. The molecule has 0 bridgehead atoms. The van der Waals surface area contributed by atoms with Gasteiger partial charge in [-0.15, -0.1) is 5.11 Å². The fourth-order valence-electron chi connectivity index (χ4n) is 3.35. The molecule has 1 aromatic heterocycles. The Morgan fingerprint density at radius 3 is 2.38 bits per heavy atom. The topological polar surface area (TPSA) is 134 Å². The molecule has 0 saturated heterocycles. The van der Waals surface area contributed by atoms with Gasteiger partial charge in [-0.2, -0.15) is 23.5 Å². The Hall–Kier alpha value is -4.53. The molecule has 174 valence electrons. The van der Waals surface area contributed by atoms with E-state index in [1.165, 1.54) is 6.92 Å². The van der Waals surface area contributed by atoms with Gasteiger partial charge in [0.15, 0.2) is 5.69 Å². The van der Waals surface area contributed by atoms with Crippen LogP contribution >= 0.6 is 0 Å². The third-order valence-electron chi connectivity index (χ3n) is 5.13. The molecule has 1 unspecified atom stereocenters. The monoisotopic (exact) mass is 471 g/mol. The SMILES string of the molecule is Cc1c(C#N)c(O)n(C(C)c2ccccc2)c(=O)c1N=Nc1ccc([N+](=O)[O-])c(C(F)(F)F)c1. The molecule has 0 radical (unpaired) electrons. The van der Waals surface area contributed by atoms with Crippen molar-refractivity contribution < 1.29 is 23.2 Å². The van der Waals surface area contributed by atoms with Crippen LogP contribution < -0.4 is 5.56 Å². The zero-order chi connectivity index (χ0) is 25.2. The van der Waals surface area contributed by atoms with E-state index in [1.807, 2.05) is 0 Å². The van der Waals surface area contributed by atoms with Gasteiger partial charge in [-0.1, -0.05) is 30.3 Å². The molecule has 0 aliphatic rings. The molecular weight excluding hydrogens is 455 g/mol. The number of alkyl halides is 3. The molecule has 0 aliphatic carbocycles.